The lowest BCUT2D eigenvalue weighted by Crippen LogP contribution is -2.36. The first-order valence-electron chi connectivity index (χ1n) is 12.8. The molecule has 0 bridgehead atoms. The van der Waals surface area contributed by atoms with Crippen LogP contribution in [-0.4, -0.2) is 39.4 Å². The summed E-state index contributed by atoms with van der Waals surface area (Å²) in [6.07, 6.45) is 0.542. The lowest BCUT2D eigenvalue weighted by molar-refractivity contribution is -0.122. The molecular weight excluding hydrogens is 577 g/mol. The monoisotopic (exact) mass is 609 g/mol. The highest BCUT2D eigenvalue weighted by Gasteiger charge is 2.28. The molecule has 2 N–H and O–H groups in total. The highest BCUT2D eigenvalue weighted by molar-refractivity contribution is 7.91. The van der Waals surface area contributed by atoms with Gasteiger partial charge in [-0.25, -0.2) is 13.1 Å². The molecule has 2 unspecified atom stereocenters. The first-order valence-corrected chi connectivity index (χ1v) is 15.8. The van der Waals surface area contributed by atoms with Crippen LogP contribution in [-0.2, 0) is 21.4 Å². The van der Waals surface area contributed by atoms with Crippen LogP contribution in [0.4, 0.5) is 0 Å². The molecule has 0 spiro atoms. The van der Waals surface area contributed by atoms with Gasteiger partial charge in [0.25, 0.3) is 10.0 Å². The van der Waals surface area contributed by atoms with Gasteiger partial charge in [-0.2, -0.15) is 0 Å². The van der Waals surface area contributed by atoms with E-state index in [1.165, 1.54) is 6.07 Å². The first kappa shape index (κ1) is 29.8. The third-order valence-electron chi connectivity index (χ3n) is 6.36. The molecule has 7 nitrogen and oxygen atoms in total. The van der Waals surface area contributed by atoms with Crippen LogP contribution in [0.2, 0.25) is 9.36 Å². The zero-order chi connectivity index (χ0) is 28.2. The van der Waals surface area contributed by atoms with E-state index in [2.05, 4.69) is 41.9 Å². The van der Waals surface area contributed by atoms with Crippen molar-refractivity contribution in [2.75, 3.05) is 20.2 Å². The quantitative estimate of drug-likeness (QED) is 0.270. The fourth-order valence-electron chi connectivity index (χ4n) is 4.74. The van der Waals surface area contributed by atoms with E-state index < -0.39 is 16.1 Å². The Labute approximate surface area is 244 Å². The number of ether oxygens (including phenoxy) is 1. The number of sulfonamides is 1. The van der Waals surface area contributed by atoms with Gasteiger partial charge >= 0.3 is 0 Å². The topological polar surface area (TPSA) is 87.7 Å². The van der Waals surface area contributed by atoms with E-state index in [9.17, 15) is 13.2 Å². The van der Waals surface area contributed by atoms with Crippen molar-refractivity contribution in [2.24, 2.45) is 5.92 Å². The summed E-state index contributed by atoms with van der Waals surface area (Å²) < 4.78 is 35.0. The van der Waals surface area contributed by atoms with Gasteiger partial charge in [0.1, 0.15) is 14.3 Å². The Balaban J connectivity index is 1.48. The summed E-state index contributed by atoms with van der Waals surface area (Å²) >= 11 is 12.9. The van der Waals surface area contributed by atoms with E-state index in [1.807, 2.05) is 18.2 Å². The van der Waals surface area contributed by atoms with Gasteiger partial charge in [-0.15, -0.1) is 11.3 Å². The number of carbonyl (C=O) groups is 1. The average molecular weight is 611 g/mol. The van der Waals surface area contributed by atoms with Gasteiger partial charge in [0.2, 0.25) is 5.91 Å². The Morgan fingerprint density at radius 3 is 2.56 bits per heavy atom. The smallest absolute Gasteiger partial charge is 0.250 e. The zero-order valence-electron chi connectivity index (χ0n) is 22.1. The molecular formula is C28H33Cl2N3O4S2. The number of halogens is 2. The van der Waals surface area contributed by atoms with Gasteiger partial charge in [-0.3, -0.25) is 4.79 Å². The first-order chi connectivity index (χ1) is 18.5. The number of carbonyl (C=O) groups excluding carboxylic acids is 1. The van der Waals surface area contributed by atoms with Gasteiger partial charge in [-0.1, -0.05) is 79.5 Å². The van der Waals surface area contributed by atoms with Crippen LogP contribution >= 0.6 is 34.5 Å². The minimum absolute atomic E-state index is 0.00737. The van der Waals surface area contributed by atoms with Crippen LogP contribution in [0.3, 0.4) is 0 Å². The molecule has 39 heavy (non-hydrogen) atoms. The van der Waals surface area contributed by atoms with Gasteiger partial charge in [0, 0.05) is 31.5 Å². The molecule has 2 heterocycles. The number of nitrogens with one attached hydrogen (secondary N) is 2. The van der Waals surface area contributed by atoms with Crippen molar-refractivity contribution in [3.63, 3.8) is 0 Å². The predicted molar refractivity (Wildman–Crippen MR) is 157 cm³/mol. The van der Waals surface area contributed by atoms with E-state index in [1.54, 1.807) is 24.3 Å². The Morgan fingerprint density at radius 1 is 1.15 bits per heavy atom. The molecule has 210 valence electrons. The van der Waals surface area contributed by atoms with Gasteiger partial charge in [-0.05, 0) is 36.2 Å². The summed E-state index contributed by atoms with van der Waals surface area (Å²) in [5, 5.41) is 3.27. The third kappa shape index (κ3) is 7.96. The number of fused-ring (bicyclic) bond motifs is 1. The predicted octanol–water partition coefficient (Wildman–Crippen LogP) is 6.19. The van der Waals surface area contributed by atoms with Crippen molar-refractivity contribution < 1.29 is 17.9 Å². The molecule has 2 aromatic carbocycles. The second kappa shape index (κ2) is 13.0. The molecule has 4 rings (SSSR count). The second-order valence-corrected chi connectivity index (χ2v) is 14.2. The molecule has 0 saturated heterocycles. The van der Waals surface area contributed by atoms with Crippen molar-refractivity contribution in [1.29, 1.82) is 0 Å². The van der Waals surface area contributed by atoms with E-state index in [-0.39, 0.29) is 31.9 Å². The molecule has 2 atom stereocenters. The number of nitrogens with zero attached hydrogens (tertiary/aromatic N) is 1. The lowest BCUT2D eigenvalue weighted by atomic mass is 9.97. The number of rotatable bonds is 11. The second-order valence-electron chi connectivity index (χ2n) is 10.2. The zero-order valence-corrected chi connectivity index (χ0v) is 25.3. The summed E-state index contributed by atoms with van der Waals surface area (Å²) in [6.45, 7) is 6.68. The number of benzene rings is 2. The van der Waals surface area contributed by atoms with E-state index in [4.69, 9.17) is 27.9 Å². The minimum atomic E-state index is -3.96. The molecule has 3 aromatic rings. The maximum Gasteiger partial charge on any atom is 0.250 e. The Morgan fingerprint density at radius 2 is 1.90 bits per heavy atom. The summed E-state index contributed by atoms with van der Waals surface area (Å²) in [4.78, 5) is 15.5. The van der Waals surface area contributed by atoms with Crippen molar-refractivity contribution in [1.82, 2.24) is 14.9 Å². The molecule has 0 aliphatic carbocycles. The largest absolute Gasteiger partial charge is 0.493 e. The van der Waals surface area contributed by atoms with Crippen LogP contribution in [0.1, 0.15) is 55.5 Å². The fraction of sp³-hybridized carbons (Fsp3) is 0.393. The molecule has 0 radical (unpaired) electrons. The summed E-state index contributed by atoms with van der Waals surface area (Å²) in [5.41, 5.74) is 2.74. The molecule has 1 aliphatic rings. The van der Waals surface area contributed by atoms with E-state index in [0.29, 0.717) is 24.5 Å². The SMILES string of the molecule is CC(C)CN(C)Cc1ccc2c(c1)OCCC2NC(=O)CC(NS(=O)(=O)c1cc(Cl)c(Cl)s1)c1ccccc1. The van der Waals surface area contributed by atoms with Crippen LogP contribution in [0.25, 0.3) is 0 Å². The highest BCUT2D eigenvalue weighted by atomic mass is 35.5. The van der Waals surface area contributed by atoms with Gasteiger partial charge in [0.05, 0.1) is 23.7 Å². The van der Waals surface area contributed by atoms with Crippen molar-refractivity contribution in [3.8, 4) is 5.75 Å². The normalized spacial score (nSPS) is 16.1. The Kier molecular flexibility index (Phi) is 9.96. The Bertz CT molecular complexity index is 1380. The van der Waals surface area contributed by atoms with Crippen LogP contribution in [0, 0.1) is 5.92 Å². The molecule has 0 saturated carbocycles. The maximum absolute atomic E-state index is 13.3. The highest BCUT2D eigenvalue weighted by Crippen LogP contribution is 2.36. The van der Waals surface area contributed by atoms with Crippen LogP contribution < -0.4 is 14.8 Å². The average Bonchev–Trinajstić information content (AvgIpc) is 3.22. The molecule has 1 aliphatic heterocycles. The minimum Gasteiger partial charge on any atom is -0.493 e. The van der Waals surface area contributed by atoms with Crippen molar-refractivity contribution in [2.45, 2.75) is 49.5 Å². The van der Waals surface area contributed by atoms with Crippen molar-refractivity contribution >= 4 is 50.5 Å². The van der Waals surface area contributed by atoms with Crippen molar-refractivity contribution in [3.05, 3.63) is 80.6 Å². The maximum atomic E-state index is 13.3. The number of thiophene rings is 1. The lowest BCUT2D eigenvalue weighted by Gasteiger charge is -2.28. The van der Waals surface area contributed by atoms with Gasteiger partial charge < -0.3 is 15.0 Å². The molecule has 11 heteroatoms. The Hall–Kier alpha value is -2.14. The molecule has 0 fully saturated rings. The van der Waals surface area contributed by atoms with E-state index in [0.717, 1.165) is 41.3 Å². The van der Waals surface area contributed by atoms with Crippen LogP contribution in [0.15, 0.2) is 58.8 Å². The fourth-order valence-corrected chi connectivity index (χ4v) is 7.86. The van der Waals surface area contributed by atoms with Crippen LogP contribution in [0.5, 0.6) is 5.75 Å². The van der Waals surface area contributed by atoms with E-state index >= 15 is 0 Å². The number of hydrogen-bond donors (Lipinski definition) is 2. The summed E-state index contributed by atoms with van der Waals surface area (Å²) in [5.74, 6) is 1.08. The summed E-state index contributed by atoms with van der Waals surface area (Å²) in [6, 6.07) is 15.4. The van der Waals surface area contributed by atoms with Gasteiger partial charge in [0.15, 0.2) is 0 Å². The standard InChI is InChI=1S/C28H33Cl2N3O4S2/c1-18(2)16-33(3)17-19-9-10-21-23(11-12-37-25(21)13-19)31-26(34)15-24(20-7-5-4-6-8-20)32-39(35,36)27-14-22(29)28(30)38-27/h4-10,13-14,18,23-24,32H,11-12,15-17H2,1-3H3,(H,31,34). The third-order valence-corrected chi connectivity index (χ3v) is 10.2. The number of hydrogen-bond acceptors (Lipinski definition) is 6. The summed E-state index contributed by atoms with van der Waals surface area (Å²) in [7, 11) is -1.86. The number of amides is 1. The molecule has 1 aromatic heterocycles. The molecule has 1 amide bonds.